The van der Waals surface area contributed by atoms with Crippen molar-refractivity contribution in [3.63, 3.8) is 0 Å². The number of hydrogen-bond donors (Lipinski definition) is 10. The maximum absolute atomic E-state index is 14.9. The molecule has 0 amide bonds. The van der Waals surface area contributed by atoms with Gasteiger partial charge in [-0.25, -0.2) is 4.57 Å². The van der Waals surface area contributed by atoms with E-state index in [1.165, 1.54) is 186 Å². The number of rotatable bonds is 78. The van der Waals surface area contributed by atoms with Gasteiger partial charge in [0.25, 0.3) is 0 Å². The molecule has 19 unspecified atom stereocenters. The predicted molar refractivity (Wildman–Crippen MR) is 463 cm³/mol. The summed E-state index contributed by atoms with van der Waals surface area (Å²) in [5.74, 6) is -2.27. The maximum Gasteiger partial charge on any atom is 0.472 e. The van der Waals surface area contributed by atoms with Gasteiger partial charge in [-0.15, -0.1) is 0 Å². The molecule has 2 saturated heterocycles. The van der Waals surface area contributed by atoms with Gasteiger partial charge in [0.1, 0.15) is 92.6 Å². The van der Waals surface area contributed by atoms with E-state index in [9.17, 15) is 74.6 Å². The van der Waals surface area contributed by atoms with Crippen LogP contribution >= 0.6 is 7.82 Å². The molecule has 3 fully saturated rings. The van der Waals surface area contributed by atoms with Gasteiger partial charge >= 0.3 is 31.7 Å². The molecule has 119 heavy (non-hydrogen) atoms. The molecule has 0 spiro atoms. The third kappa shape index (κ3) is 51.6. The topological polar surface area (TPSA) is 380 Å². The van der Waals surface area contributed by atoms with Gasteiger partial charge in [-0.2, -0.15) is 0 Å². The first-order valence-corrected chi connectivity index (χ1v) is 49.8. The zero-order valence-electron chi connectivity index (χ0n) is 74.8. The molecule has 1 aliphatic carbocycles. The number of carbonyl (C=O) groups is 4. The SMILES string of the molecule is CCCCCC/C=C\CCCCCCCCCC(=O)OC1C(O)C(O)C(OC2OC(CO)C(O)C(O)C2O)C(OP(=O)(O)OCC(COC(=O)CCCCCCCCC(C)CCCCCCCC)OC(=O)CCCCCCCCCCCCCCCCCC)C1OC1OC(COC(=O)CCCCCCCCCCCCCCC)C(O)C(O)C1O. The average Bonchev–Trinajstić information content (AvgIpc) is 0.754. The minimum Gasteiger partial charge on any atom is -0.463 e. The van der Waals surface area contributed by atoms with Crippen LogP contribution in [0.2, 0.25) is 0 Å². The minimum absolute atomic E-state index is 0.0175. The summed E-state index contributed by atoms with van der Waals surface area (Å²) in [4.78, 5) is 66.6. The van der Waals surface area contributed by atoms with Crippen LogP contribution in [0, 0.1) is 5.92 Å². The Morgan fingerprint density at radius 3 is 1.09 bits per heavy atom. The monoisotopic (exact) mass is 1720 g/mol. The highest BCUT2D eigenvalue weighted by Crippen LogP contribution is 2.49. The van der Waals surface area contributed by atoms with Crippen LogP contribution in [-0.4, -0.2) is 205 Å². The van der Waals surface area contributed by atoms with Gasteiger partial charge in [0.05, 0.1) is 13.2 Å². The van der Waals surface area contributed by atoms with E-state index in [0.717, 1.165) is 141 Å². The van der Waals surface area contributed by atoms with Crippen molar-refractivity contribution < 1.29 is 122 Å². The number of ether oxygens (including phenoxy) is 8. The van der Waals surface area contributed by atoms with Gasteiger partial charge in [-0.3, -0.25) is 28.2 Å². The molecule has 0 aromatic carbocycles. The van der Waals surface area contributed by atoms with Crippen LogP contribution in [0.4, 0.5) is 0 Å². The summed E-state index contributed by atoms with van der Waals surface area (Å²) in [6.45, 7) is 7.95. The van der Waals surface area contributed by atoms with Crippen molar-refractivity contribution in [2.75, 3.05) is 26.4 Å². The number of phosphoric ester groups is 1. The molecule has 2 heterocycles. The highest BCUT2D eigenvalue weighted by molar-refractivity contribution is 7.47. The summed E-state index contributed by atoms with van der Waals surface area (Å²) in [7, 11) is -5.81. The van der Waals surface area contributed by atoms with Crippen LogP contribution in [-0.2, 0) is 70.7 Å². The molecule has 700 valence electrons. The predicted octanol–water partition coefficient (Wildman–Crippen LogP) is 18.2. The van der Waals surface area contributed by atoms with Crippen LogP contribution in [0.25, 0.3) is 0 Å². The number of carbonyl (C=O) groups excluding carboxylic acids is 4. The summed E-state index contributed by atoms with van der Waals surface area (Å²) in [5, 5.41) is 102. The first-order valence-electron chi connectivity index (χ1n) is 48.3. The number of unbranched alkanes of at least 4 members (excludes halogenated alkanes) is 48. The van der Waals surface area contributed by atoms with Crippen LogP contribution < -0.4 is 0 Å². The zero-order chi connectivity index (χ0) is 86.9. The number of aliphatic hydroxyl groups excluding tert-OH is 9. The molecule has 1 saturated carbocycles. The Hall–Kier alpha value is -2.79. The van der Waals surface area contributed by atoms with Gasteiger partial charge in [0.15, 0.2) is 24.8 Å². The summed E-state index contributed by atoms with van der Waals surface area (Å²) < 4.78 is 73.6. The van der Waals surface area contributed by atoms with Crippen molar-refractivity contribution in [2.24, 2.45) is 5.92 Å². The first kappa shape index (κ1) is 110. The molecule has 0 aromatic rings. The second kappa shape index (κ2) is 71.3. The molecule has 3 aliphatic rings. The van der Waals surface area contributed by atoms with E-state index < -0.39 is 162 Å². The normalized spacial score (nSPS) is 25.1. The highest BCUT2D eigenvalue weighted by atomic mass is 31.2. The molecule has 0 bridgehead atoms. The Bertz CT molecular complexity index is 2530. The molecule has 0 radical (unpaired) electrons. The number of allylic oxidation sites excluding steroid dienone is 2. The van der Waals surface area contributed by atoms with Gasteiger partial charge in [0, 0.05) is 25.7 Å². The van der Waals surface area contributed by atoms with Gasteiger partial charge in [0.2, 0.25) is 0 Å². The third-order valence-corrected chi connectivity index (χ3v) is 24.9. The van der Waals surface area contributed by atoms with Crippen LogP contribution in [0.1, 0.15) is 420 Å². The van der Waals surface area contributed by atoms with E-state index >= 15 is 0 Å². The van der Waals surface area contributed by atoms with Gasteiger partial charge in [-0.05, 0) is 57.3 Å². The maximum atomic E-state index is 14.9. The minimum atomic E-state index is -5.81. The van der Waals surface area contributed by atoms with E-state index in [4.69, 9.17) is 46.9 Å². The van der Waals surface area contributed by atoms with E-state index in [1.54, 1.807) is 0 Å². The van der Waals surface area contributed by atoms with E-state index in [-0.39, 0.29) is 25.7 Å². The summed E-state index contributed by atoms with van der Waals surface area (Å²) in [5.41, 5.74) is 0. The van der Waals surface area contributed by atoms with Crippen LogP contribution in [0.3, 0.4) is 0 Å². The molecular formula is C93H173O25P. The Morgan fingerprint density at radius 2 is 0.681 bits per heavy atom. The van der Waals surface area contributed by atoms with Gasteiger partial charge in [-0.1, -0.05) is 355 Å². The molecule has 2 aliphatic heterocycles. The van der Waals surface area contributed by atoms with Crippen molar-refractivity contribution in [3.05, 3.63) is 12.2 Å². The summed E-state index contributed by atoms with van der Waals surface area (Å²) >= 11 is 0. The molecule has 3 rings (SSSR count). The van der Waals surface area contributed by atoms with Crippen molar-refractivity contribution in [1.82, 2.24) is 0 Å². The van der Waals surface area contributed by atoms with E-state index in [1.807, 2.05) is 0 Å². The molecule has 19 atom stereocenters. The molecule has 25 nitrogen and oxygen atoms in total. The number of phosphoric acid groups is 1. The highest BCUT2D eigenvalue weighted by Gasteiger charge is 2.60. The Morgan fingerprint density at radius 1 is 0.353 bits per heavy atom. The standard InChI is InChI=1S/C93H173O25P/c1-6-10-14-18-22-25-28-31-33-35-38-40-43-46-54-60-66-78(97)112-73(69-109-76(95)64-58-53-49-48-51-57-63-72(5)62-56-50-21-17-13-9-4)70-111-119(107,108)118-91-89(116-92-86(105)82(101)80(99)74(68-94)113-92)85(104)84(103)88(115-79(98)67-61-55-47-44-41-37-34-32-29-26-23-19-15-11-7-2)90(91)117-93-87(106)83(102)81(100)75(114-93)71-110-77(96)65-59-52-45-42-39-36-30-27-24-20-16-12-8-3/h26,29,72-75,80-94,99-106H,6-25,27-28,30-71H2,1-5H3,(H,107,108)/b29-26-. The number of hydrogen-bond acceptors (Lipinski definition) is 24. The van der Waals surface area contributed by atoms with Crippen molar-refractivity contribution in [3.8, 4) is 0 Å². The second-order valence-corrected chi connectivity index (χ2v) is 36.3. The lowest BCUT2D eigenvalue weighted by Crippen LogP contribution is -2.70. The molecular weight excluding hydrogens is 1550 g/mol. The number of esters is 4. The largest absolute Gasteiger partial charge is 0.472 e. The zero-order valence-corrected chi connectivity index (χ0v) is 75.7. The average molecular weight is 1720 g/mol. The second-order valence-electron chi connectivity index (χ2n) is 34.9. The Labute approximate surface area is 718 Å². The molecule has 10 N–H and O–H groups in total. The Kier molecular flexibility index (Phi) is 66.1. The fraction of sp³-hybridized carbons (Fsp3) is 0.935. The van der Waals surface area contributed by atoms with Crippen molar-refractivity contribution >= 4 is 31.7 Å². The lowest BCUT2D eigenvalue weighted by Gasteiger charge is -2.50. The fourth-order valence-corrected chi connectivity index (χ4v) is 17.1. The van der Waals surface area contributed by atoms with Crippen molar-refractivity contribution in [2.45, 2.75) is 524 Å². The van der Waals surface area contributed by atoms with Gasteiger partial charge < -0.3 is 88.7 Å². The quantitative estimate of drug-likeness (QED) is 0.00889. The smallest absolute Gasteiger partial charge is 0.463 e. The first-order chi connectivity index (χ1) is 57.6. The number of aliphatic hydroxyl groups is 9. The third-order valence-electron chi connectivity index (χ3n) is 23.9. The summed E-state index contributed by atoms with van der Waals surface area (Å²) in [6, 6.07) is 0. The lowest BCUT2D eigenvalue weighted by atomic mass is 9.84. The lowest BCUT2D eigenvalue weighted by molar-refractivity contribution is -0.360. The van der Waals surface area contributed by atoms with Crippen LogP contribution in [0.5, 0.6) is 0 Å². The molecule has 26 heteroatoms. The van der Waals surface area contributed by atoms with Crippen LogP contribution in [0.15, 0.2) is 12.2 Å². The molecule has 0 aromatic heterocycles. The Balaban J connectivity index is 1.92. The summed E-state index contributed by atoms with van der Waals surface area (Å²) in [6.07, 6.45) is 29.1. The van der Waals surface area contributed by atoms with E-state index in [0.29, 0.717) is 38.0 Å². The van der Waals surface area contributed by atoms with E-state index in [2.05, 4.69) is 46.8 Å². The van der Waals surface area contributed by atoms with Crippen molar-refractivity contribution in [1.29, 1.82) is 0 Å². The fourth-order valence-electron chi connectivity index (χ4n) is 16.1.